The van der Waals surface area contributed by atoms with E-state index in [4.69, 9.17) is 9.15 Å². The fraction of sp³-hybridized carbons (Fsp3) is 0.471. The molecule has 22 heavy (non-hydrogen) atoms. The molecule has 2 aliphatic rings. The fourth-order valence-electron chi connectivity index (χ4n) is 3.09. The van der Waals surface area contributed by atoms with Crippen molar-refractivity contribution in [2.75, 3.05) is 26.2 Å². The highest BCUT2D eigenvalue weighted by molar-refractivity contribution is 6.05. The smallest absolute Gasteiger partial charge is 0.255 e. The molecule has 1 aliphatic heterocycles. The van der Waals surface area contributed by atoms with Gasteiger partial charge in [-0.05, 0) is 18.9 Å². The highest BCUT2D eigenvalue weighted by atomic mass is 16.5. The number of rotatable bonds is 4. The Labute approximate surface area is 129 Å². The highest BCUT2D eigenvalue weighted by Crippen LogP contribution is 2.28. The summed E-state index contributed by atoms with van der Waals surface area (Å²) in [5, 5.41) is 3.83. The van der Waals surface area contributed by atoms with Crippen molar-refractivity contribution >= 4 is 16.9 Å². The number of hydrogen-bond donors (Lipinski definition) is 1. The standard InChI is InChI=1S/C17H20N2O3/c20-17(15-11-22-16-4-2-1-3-14(15)16)18-9-13-10-19(7-8-21-13)12-5-6-12/h1-4,11-13H,5-10H2,(H,18,20). The Hall–Kier alpha value is -1.85. The molecule has 1 atom stereocenters. The largest absolute Gasteiger partial charge is 0.463 e. The Bertz CT molecular complexity index is 677. The van der Waals surface area contributed by atoms with Gasteiger partial charge in [-0.3, -0.25) is 9.69 Å². The van der Waals surface area contributed by atoms with Crippen LogP contribution in [0, 0.1) is 0 Å². The van der Waals surface area contributed by atoms with Gasteiger partial charge in [-0.15, -0.1) is 0 Å². The maximum absolute atomic E-state index is 12.3. The Kier molecular flexibility index (Phi) is 3.60. The SMILES string of the molecule is O=C(NCC1CN(C2CC2)CCO1)c1coc2ccccc12. The first-order valence-corrected chi connectivity index (χ1v) is 7.91. The number of carbonyl (C=O) groups excluding carboxylic acids is 1. The molecule has 0 bridgehead atoms. The van der Waals surface area contributed by atoms with Crippen LogP contribution in [0.15, 0.2) is 34.9 Å². The van der Waals surface area contributed by atoms with Crippen molar-refractivity contribution in [2.24, 2.45) is 0 Å². The van der Waals surface area contributed by atoms with Crippen LogP contribution in [0.25, 0.3) is 11.0 Å². The molecular formula is C17H20N2O3. The molecule has 4 rings (SSSR count). The number of fused-ring (bicyclic) bond motifs is 1. The number of amides is 1. The van der Waals surface area contributed by atoms with Crippen LogP contribution in [0.3, 0.4) is 0 Å². The molecule has 1 saturated heterocycles. The predicted molar refractivity (Wildman–Crippen MR) is 82.9 cm³/mol. The third-order valence-corrected chi connectivity index (χ3v) is 4.45. The quantitative estimate of drug-likeness (QED) is 0.938. The number of nitrogens with one attached hydrogen (secondary N) is 1. The molecule has 1 aromatic carbocycles. The van der Waals surface area contributed by atoms with Crippen molar-refractivity contribution in [3.63, 3.8) is 0 Å². The molecule has 1 amide bonds. The summed E-state index contributed by atoms with van der Waals surface area (Å²) in [6.45, 7) is 3.23. The molecule has 1 N–H and O–H groups in total. The molecular weight excluding hydrogens is 280 g/mol. The average molecular weight is 300 g/mol. The van der Waals surface area contributed by atoms with E-state index in [1.807, 2.05) is 24.3 Å². The Morgan fingerprint density at radius 2 is 2.18 bits per heavy atom. The molecule has 2 fully saturated rings. The number of carbonyl (C=O) groups is 1. The van der Waals surface area contributed by atoms with Crippen LogP contribution < -0.4 is 5.32 Å². The van der Waals surface area contributed by atoms with Crippen molar-refractivity contribution < 1.29 is 13.9 Å². The molecule has 5 nitrogen and oxygen atoms in total. The van der Waals surface area contributed by atoms with Crippen molar-refractivity contribution in [1.29, 1.82) is 0 Å². The summed E-state index contributed by atoms with van der Waals surface area (Å²) in [6.07, 6.45) is 4.22. The van der Waals surface area contributed by atoms with Gasteiger partial charge in [0.05, 0.1) is 18.3 Å². The van der Waals surface area contributed by atoms with Gasteiger partial charge in [0, 0.05) is 31.1 Å². The molecule has 2 heterocycles. The van der Waals surface area contributed by atoms with E-state index in [-0.39, 0.29) is 12.0 Å². The van der Waals surface area contributed by atoms with Gasteiger partial charge in [-0.2, -0.15) is 0 Å². The van der Waals surface area contributed by atoms with Gasteiger partial charge < -0.3 is 14.5 Å². The third kappa shape index (κ3) is 2.74. The summed E-state index contributed by atoms with van der Waals surface area (Å²) < 4.78 is 11.2. The number of furan rings is 1. The Morgan fingerprint density at radius 1 is 1.32 bits per heavy atom. The number of ether oxygens (including phenoxy) is 1. The van der Waals surface area contributed by atoms with Crippen molar-refractivity contribution in [3.05, 3.63) is 36.1 Å². The second kappa shape index (κ2) is 5.74. The van der Waals surface area contributed by atoms with Gasteiger partial charge in [0.1, 0.15) is 11.8 Å². The molecule has 1 aliphatic carbocycles. The van der Waals surface area contributed by atoms with Crippen molar-refractivity contribution in [2.45, 2.75) is 25.0 Å². The number of benzene rings is 1. The first-order chi connectivity index (χ1) is 10.8. The molecule has 116 valence electrons. The second-order valence-corrected chi connectivity index (χ2v) is 6.07. The molecule has 1 unspecified atom stereocenters. The lowest BCUT2D eigenvalue weighted by Crippen LogP contribution is -2.48. The lowest BCUT2D eigenvalue weighted by atomic mass is 10.1. The molecule has 1 saturated carbocycles. The van der Waals surface area contributed by atoms with E-state index in [1.54, 1.807) is 0 Å². The topological polar surface area (TPSA) is 54.7 Å². The monoisotopic (exact) mass is 300 g/mol. The summed E-state index contributed by atoms with van der Waals surface area (Å²) in [5.41, 5.74) is 1.33. The van der Waals surface area contributed by atoms with Gasteiger partial charge in [0.2, 0.25) is 0 Å². The zero-order valence-electron chi connectivity index (χ0n) is 12.5. The summed E-state index contributed by atoms with van der Waals surface area (Å²) in [4.78, 5) is 14.8. The number of morpholine rings is 1. The van der Waals surface area contributed by atoms with E-state index in [2.05, 4.69) is 10.2 Å². The van der Waals surface area contributed by atoms with Crippen molar-refractivity contribution in [1.82, 2.24) is 10.2 Å². The van der Waals surface area contributed by atoms with E-state index in [9.17, 15) is 4.79 Å². The molecule has 0 radical (unpaired) electrons. The van der Waals surface area contributed by atoms with Crippen LogP contribution in [-0.4, -0.2) is 49.2 Å². The lowest BCUT2D eigenvalue weighted by Gasteiger charge is -2.33. The summed E-state index contributed by atoms with van der Waals surface area (Å²) in [5.74, 6) is -0.0999. The summed E-state index contributed by atoms with van der Waals surface area (Å²) in [6, 6.07) is 8.33. The van der Waals surface area contributed by atoms with Gasteiger partial charge in [0.15, 0.2) is 0 Å². The van der Waals surface area contributed by atoms with Crippen LogP contribution >= 0.6 is 0 Å². The molecule has 5 heteroatoms. The van der Waals surface area contributed by atoms with E-state index in [0.29, 0.717) is 12.1 Å². The normalized spacial score (nSPS) is 22.8. The minimum atomic E-state index is -0.0999. The van der Waals surface area contributed by atoms with Crippen LogP contribution in [0.2, 0.25) is 0 Å². The number of nitrogens with zero attached hydrogens (tertiary/aromatic N) is 1. The third-order valence-electron chi connectivity index (χ3n) is 4.45. The predicted octanol–water partition coefficient (Wildman–Crippen LogP) is 2.03. The number of hydrogen-bond acceptors (Lipinski definition) is 4. The highest BCUT2D eigenvalue weighted by Gasteiger charge is 2.33. The summed E-state index contributed by atoms with van der Waals surface area (Å²) >= 11 is 0. The zero-order valence-corrected chi connectivity index (χ0v) is 12.5. The van der Waals surface area contributed by atoms with Gasteiger partial charge in [-0.1, -0.05) is 18.2 Å². The van der Waals surface area contributed by atoms with Crippen molar-refractivity contribution in [3.8, 4) is 0 Å². The minimum absolute atomic E-state index is 0.0801. The Balaban J connectivity index is 1.37. The fourth-order valence-corrected chi connectivity index (χ4v) is 3.09. The van der Waals surface area contributed by atoms with E-state index >= 15 is 0 Å². The maximum atomic E-state index is 12.3. The molecule has 2 aromatic rings. The molecule has 0 spiro atoms. The first-order valence-electron chi connectivity index (χ1n) is 7.91. The number of para-hydroxylation sites is 1. The summed E-state index contributed by atoms with van der Waals surface area (Å²) in [7, 11) is 0. The van der Waals surface area contributed by atoms with Gasteiger partial charge in [-0.25, -0.2) is 0 Å². The molecule has 1 aromatic heterocycles. The van der Waals surface area contributed by atoms with Crippen LogP contribution in [-0.2, 0) is 4.74 Å². The second-order valence-electron chi connectivity index (χ2n) is 6.07. The maximum Gasteiger partial charge on any atom is 0.255 e. The van der Waals surface area contributed by atoms with Crippen LogP contribution in [0.5, 0.6) is 0 Å². The average Bonchev–Trinajstić information content (AvgIpc) is 3.32. The minimum Gasteiger partial charge on any atom is -0.463 e. The van der Waals surface area contributed by atoms with Gasteiger partial charge in [0.25, 0.3) is 5.91 Å². The van der Waals surface area contributed by atoms with E-state index in [1.165, 1.54) is 19.1 Å². The first kappa shape index (κ1) is 13.8. The Morgan fingerprint density at radius 3 is 3.05 bits per heavy atom. The van der Waals surface area contributed by atoms with Gasteiger partial charge >= 0.3 is 0 Å². The van der Waals surface area contributed by atoms with E-state index in [0.717, 1.165) is 36.7 Å². The van der Waals surface area contributed by atoms with Crippen LogP contribution in [0.1, 0.15) is 23.2 Å². The lowest BCUT2D eigenvalue weighted by molar-refractivity contribution is -0.0293. The zero-order chi connectivity index (χ0) is 14.9. The van der Waals surface area contributed by atoms with Crippen LogP contribution in [0.4, 0.5) is 0 Å². The van der Waals surface area contributed by atoms with E-state index < -0.39 is 0 Å².